The molecule has 5 heteroatoms. The molecule has 0 radical (unpaired) electrons. The first-order valence-corrected chi connectivity index (χ1v) is 9.85. The Balaban J connectivity index is 1.74. The van der Waals surface area contributed by atoms with Crippen molar-refractivity contribution in [3.05, 3.63) is 106 Å². The van der Waals surface area contributed by atoms with Gasteiger partial charge >= 0.3 is 0 Å². The fraction of sp³-hybridized carbons (Fsp3) is 0.0800. The number of ether oxygens (including phenoxy) is 1. The summed E-state index contributed by atoms with van der Waals surface area (Å²) in [6.45, 7) is 0.463. The zero-order chi connectivity index (χ0) is 21.1. The summed E-state index contributed by atoms with van der Waals surface area (Å²) >= 11 is 6.05. The van der Waals surface area contributed by atoms with Gasteiger partial charge in [-0.2, -0.15) is 0 Å². The standard InChI is InChI=1S/C25H20ClNO3/c1-30-24-14-18(7-12-23(24)28)13-20-15-22(19-8-10-21(26)11-9-19)27(25(20)29)16-17-5-3-2-4-6-17/h2-15,28H,16H2,1H3/b20-13+. The Morgan fingerprint density at radius 1 is 1.03 bits per heavy atom. The average Bonchev–Trinajstić information content (AvgIpc) is 3.06. The minimum Gasteiger partial charge on any atom is -0.504 e. The Bertz CT molecular complexity index is 1130. The molecular formula is C25H20ClNO3. The van der Waals surface area contributed by atoms with Gasteiger partial charge in [0, 0.05) is 10.6 Å². The quantitative estimate of drug-likeness (QED) is 0.556. The van der Waals surface area contributed by atoms with Gasteiger partial charge in [-0.25, -0.2) is 0 Å². The average molecular weight is 418 g/mol. The molecule has 1 aliphatic heterocycles. The first kappa shape index (κ1) is 19.8. The number of rotatable bonds is 5. The number of hydrogen-bond acceptors (Lipinski definition) is 3. The molecule has 3 aromatic carbocycles. The van der Waals surface area contributed by atoms with E-state index < -0.39 is 0 Å². The molecule has 0 fully saturated rings. The molecule has 0 atom stereocenters. The number of carbonyl (C=O) groups is 1. The maximum atomic E-state index is 13.3. The molecule has 4 nitrogen and oxygen atoms in total. The smallest absolute Gasteiger partial charge is 0.258 e. The molecule has 0 aromatic heterocycles. The van der Waals surface area contributed by atoms with E-state index in [-0.39, 0.29) is 11.7 Å². The van der Waals surface area contributed by atoms with E-state index in [1.54, 1.807) is 29.2 Å². The van der Waals surface area contributed by atoms with Crippen LogP contribution in [-0.2, 0) is 11.3 Å². The van der Waals surface area contributed by atoms with Crippen LogP contribution in [0.5, 0.6) is 11.5 Å². The highest BCUT2D eigenvalue weighted by Gasteiger charge is 2.29. The van der Waals surface area contributed by atoms with Gasteiger partial charge in [0.15, 0.2) is 11.5 Å². The molecule has 1 N–H and O–H groups in total. The van der Waals surface area contributed by atoms with Crippen LogP contribution in [0.3, 0.4) is 0 Å². The van der Waals surface area contributed by atoms with Gasteiger partial charge in [-0.1, -0.05) is 60.1 Å². The molecule has 1 heterocycles. The van der Waals surface area contributed by atoms with Crippen LogP contribution in [0.4, 0.5) is 0 Å². The fourth-order valence-corrected chi connectivity index (χ4v) is 3.53. The van der Waals surface area contributed by atoms with E-state index in [1.807, 2.05) is 60.7 Å². The minimum atomic E-state index is -0.0872. The number of phenolic OH excluding ortho intramolecular Hbond substituents is 1. The van der Waals surface area contributed by atoms with Gasteiger partial charge in [0.1, 0.15) is 0 Å². The lowest BCUT2D eigenvalue weighted by molar-refractivity contribution is -0.123. The molecule has 3 aromatic rings. The largest absolute Gasteiger partial charge is 0.504 e. The molecule has 1 aliphatic rings. The summed E-state index contributed by atoms with van der Waals surface area (Å²) in [5.74, 6) is 0.328. The third-order valence-electron chi connectivity index (χ3n) is 4.92. The molecule has 4 rings (SSSR count). The van der Waals surface area contributed by atoms with Crippen molar-refractivity contribution >= 4 is 29.3 Å². The van der Waals surface area contributed by atoms with Gasteiger partial charge in [0.25, 0.3) is 5.91 Å². The molecule has 0 spiro atoms. The van der Waals surface area contributed by atoms with Crippen LogP contribution in [0.1, 0.15) is 16.7 Å². The predicted octanol–water partition coefficient (Wildman–Crippen LogP) is 5.52. The number of nitrogens with zero attached hydrogens (tertiary/aromatic N) is 1. The Morgan fingerprint density at radius 3 is 2.47 bits per heavy atom. The van der Waals surface area contributed by atoms with Gasteiger partial charge in [-0.3, -0.25) is 4.79 Å². The maximum absolute atomic E-state index is 13.3. The number of hydrogen-bond donors (Lipinski definition) is 1. The van der Waals surface area contributed by atoms with E-state index in [1.165, 1.54) is 7.11 Å². The van der Waals surface area contributed by atoms with Crippen molar-refractivity contribution in [2.75, 3.05) is 7.11 Å². The van der Waals surface area contributed by atoms with Crippen LogP contribution >= 0.6 is 11.6 Å². The topological polar surface area (TPSA) is 49.8 Å². The minimum absolute atomic E-state index is 0.0560. The molecular weight excluding hydrogens is 398 g/mol. The van der Waals surface area contributed by atoms with E-state index in [0.29, 0.717) is 22.9 Å². The lowest BCUT2D eigenvalue weighted by Crippen LogP contribution is -2.25. The number of carbonyl (C=O) groups excluding carboxylic acids is 1. The van der Waals surface area contributed by atoms with Crippen molar-refractivity contribution in [1.29, 1.82) is 0 Å². The highest BCUT2D eigenvalue weighted by molar-refractivity contribution is 6.30. The second-order valence-electron chi connectivity index (χ2n) is 6.94. The normalized spacial score (nSPS) is 14.9. The summed E-state index contributed by atoms with van der Waals surface area (Å²) in [6, 6.07) is 22.3. The molecule has 0 saturated carbocycles. The summed E-state index contributed by atoms with van der Waals surface area (Å²) in [7, 11) is 1.49. The number of halogens is 1. The molecule has 0 bridgehead atoms. The summed E-state index contributed by atoms with van der Waals surface area (Å²) in [6.07, 6.45) is 3.68. The second kappa shape index (κ2) is 8.47. The van der Waals surface area contributed by atoms with Crippen LogP contribution in [0.2, 0.25) is 5.02 Å². The van der Waals surface area contributed by atoms with Crippen LogP contribution in [0.15, 0.2) is 84.4 Å². The van der Waals surface area contributed by atoms with E-state index in [9.17, 15) is 9.90 Å². The van der Waals surface area contributed by atoms with E-state index >= 15 is 0 Å². The lowest BCUT2D eigenvalue weighted by Gasteiger charge is -2.21. The number of benzene rings is 3. The van der Waals surface area contributed by atoms with Gasteiger partial charge < -0.3 is 14.7 Å². The Morgan fingerprint density at radius 2 is 1.77 bits per heavy atom. The van der Waals surface area contributed by atoms with Gasteiger partial charge in [-0.15, -0.1) is 0 Å². The predicted molar refractivity (Wildman–Crippen MR) is 119 cm³/mol. The van der Waals surface area contributed by atoms with Crippen molar-refractivity contribution in [1.82, 2.24) is 4.90 Å². The molecule has 150 valence electrons. The monoisotopic (exact) mass is 417 g/mol. The molecule has 0 aliphatic carbocycles. The number of methoxy groups -OCH3 is 1. The summed E-state index contributed by atoms with van der Waals surface area (Å²) < 4.78 is 5.18. The SMILES string of the molecule is COc1cc(/C=C2\C=C(c3ccc(Cl)cc3)N(Cc3ccccc3)C2=O)ccc1O. The van der Waals surface area contributed by atoms with Crippen LogP contribution in [0, 0.1) is 0 Å². The molecule has 0 unspecified atom stereocenters. The molecule has 0 saturated heterocycles. The van der Waals surface area contributed by atoms with E-state index in [0.717, 1.165) is 22.4 Å². The Labute approximate surface area is 180 Å². The van der Waals surface area contributed by atoms with Gasteiger partial charge in [0.05, 0.1) is 19.4 Å². The fourth-order valence-electron chi connectivity index (χ4n) is 3.40. The first-order valence-electron chi connectivity index (χ1n) is 9.47. The van der Waals surface area contributed by atoms with Crippen molar-refractivity contribution in [3.8, 4) is 11.5 Å². The number of amides is 1. The van der Waals surface area contributed by atoms with Gasteiger partial charge in [0.2, 0.25) is 0 Å². The van der Waals surface area contributed by atoms with Crippen molar-refractivity contribution in [2.45, 2.75) is 6.54 Å². The highest BCUT2D eigenvalue weighted by atomic mass is 35.5. The second-order valence-corrected chi connectivity index (χ2v) is 7.38. The van der Waals surface area contributed by atoms with E-state index in [2.05, 4.69) is 0 Å². The number of aromatic hydroxyl groups is 1. The zero-order valence-electron chi connectivity index (χ0n) is 16.4. The van der Waals surface area contributed by atoms with Crippen molar-refractivity contribution in [3.63, 3.8) is 0 Å². The summed E-state index contributed by atoms with van der Waals surface area (Å²) in [5, 5.41) is 10.5. The van der Waals surface area contributed by atoms with E-state index in [4.69, 9.17) is 16.3 Å². The highest BCUT2D eigenvalue weighted by Crippen LogP contribution is 2.34. The maximum Gasteiger partial charge on any atom is 0.258 e. The first-order chi connectivity index (χ1) is 14.5. The van der Waals surface area contributed by atoms with Crippen molar-refractivity contribution < 1.29 is 14.6 Å². The molecule has 30 heavy (non-hydrogen) atoms. The van der Waals surface area contributed by atoms with Gasteiger partial charge in [-0.05, 0) is 53.1 Å². The van der Waals surface area contributed by atoms with Crippen LogP contribution < -0.4 is 4.74 Å². The van der Waals surface area contributed by atoms with Crippen molar-refractivity contribution in [2.24, 2.45) is 0 Å². The van der Waals surface area contributed by atoms with Crippen LogP contribution in [-0.4, -0.2) is 23.0 Å². The summed E-state index contributed by atoms with van der Waals surface area (Å²) in [5.41, 5.74) is 4.09. The Kier molecular flexibility index (Phi) is 5.59. The third-order valence-corrected chi connectivity index (χ3v) is 5.18. The molecule has 1 amide bonds. The third kappa shape index (κ3) is 4.09. The summed E-state index contributed by atoms with van der Waals surface area (Å²) in [4.78, 5) is 15.1. The lowest BCUT2D eigenvalue weighted by atomic mass is 10.1. The number of phenols is 1. The van der Waals surface area contributed by atoms with Crippen LogP contribution in [0.25, 0.3) is 11.8 Å². The zero-order valence-corrected chi connectivity index (χ0v) is 17.1. The Hall–Kier alpha value is -3.50.